The van der Waals surface area contributed by atoms with Crippen LogP contribution in [0.25, 0.3) is 6.08 Å². The van der Waals surface area contributed by atoms with Crippen molar-refractivity contribution in [1.82, 2.24) is 9.78 Å². The highest BCUT2D eigenvalue weighted by molar-refractivity contribution is 6.05. The van der Waals surface area contributed by atoms with Gasteiger partial charge >= 0.3 is 0 Å². The Bertz CT molecular complexity index is 1050. The lowest BCUT2D eigenvalue weighted by Gasteiger charge is -2.11. The lowest BCUT2D eigenvalue weighted by molar-refractivity contribution is -0.384. The summed E-state index contributed by atoms with van der Waals surface area (Å²) >= 11 is 0. The number of hydrogen-bond acceptors (Lipinski definition) is 6. The lowest BCUT2D eigenvalue weighted by Crippen LogP contribution is -2.00. The molecule has 0 aliphatic heterocycles. The average Bonchev–Trinajstić information content (AvgIpc) is 3.17. The highest BCUT2D eigenvalue weighted by Gasteiger charge is 2.08. The maximum Gasteiger partial charge on any atom is 0.269 e. The van der Waals surface area contributed by atoms with Crippen LogP contribution in [0.1, 0.15) is 21.6 Å². The van der Waals surface area contributed by atoms with Crippen LogP contribution in [0.3, 0.4) is 0 Å². The Kier molecular flexibility index (Phi) is 6.03. The van der Waals surface area contributed by atoms with Crippen molar-refractivity contribution in [2.45, 2.75) is 6.61 Å². The monoisotopic (exact) mass is 393 g/mol. The number of aromatic nitrogens is 2. The highest BCUT2D eigenvalue weighted by Crippen LogP contribution is 2.24. The molecule has 0 aliphatic rings. The Morgan fingerprint density at radius 2 is 1.97 bits per heavy atom. The molecule has 1 aromatic heterocycles. The predicted octanol–water partition coefficient (Wildman–Crippen LogP) is 3.81. The third-order valence-corrected chi connectivity index (χ3v) is 4.14. The molecule has 0 radical (unpaired) electrons. The molecule has 0 fully saturated rings. The number of ether oxygens (including phenoxy) is 2. The topological polar surface area (TPSA) is 96.5 Å². The summed E-state index contributed by atoms with van der Waals surface area (Å²) in [5, 5.41) is 14.8. The van der Waals surface area contributed by atoms with Crippen LogP contribution in [0.4, 0.5) is 5.69 Å². The summed E-state index contributed by atoms with van der Waals surface area (Å²) < 4.78 is 12.7. The summed E-state index contributed by atoms with van der Waals surface area (Å²) in [4.78, 5) is 22.4. The fourth-order valence-electron chi connectivity index (χ4n) is 2.64. The van der Waals surface area contributed by atoms with Crippen molar-refractivity contribution in [1.29, 1.82) is 0 Å². The van der Waals surface area contributed by atoms with Gasteiger partial charge in [0.1, 0.15) is 23.8 Å². The van der Waals surface area contributed by atoms with E-state index in [2.05, 4.69) is 5.10 Å². The standard InChI is InChI=1S/C21H19N3O5/c1-23-12-11-19(22-23)20(25)9-3-15-4-10-21(28-2)16(13-15)14-29-18-7-5-17(6-8-18)24(26)27/h3-13H,14H2,1-2H3/b9-3+. The van der Waals surface area contributed by atoms with E-state index in [-0.39, 0.29) is 18.1 Å². The molecule has 0 saturated heterocycles. The van der Waals surface area contributed by atoms with Gasteiger partial charge in [0.15, 0.2) is 0 Å². The number of hydrogen-bond donors (Lipinski definition) is 0. The second-order valence-electron chi connectivity index (χ2n) is 6.18. The van der Waals surface area contributed by atoms with E-state index in [0.29, 0.717) is 17.2 Å². The van der Waals surface area contributed by atoms with Crippen molar-refractivity contribution in [3.63, 3.8) is 0 Å². The molecule has 3 aromatic rings. The number of nitro groups is 1. The highest BCUT2D eigenvalue weighted by atomic mass is 16.6. The molecule has 1 heterocycles. The summed E-state index contributed by atoms with van der Waals surface area (Å²) in [5.74, 6) is 0.953. The minimum atomic E-state index is -0.463. The van der Waals surface area contributed by atoms with E-state index in [1.54, 1.807) is 55.4 Å². The third kappa shape index (κ3) is 5.07. The van der Waals surface area contributed by atoms with Gasteiger partial charge in [-0.3, -0.25) is 19.6 Å². The van der Waals surface area contributed by atoms with E-state index in [4.69, 9.17) is 9.47 Å². The molecule has 0 amide bonds. The van der Waals surface area contributed by atoms with Gasteiger partial charge in [-0.05, 0) is 42.0 Å². The van der Waals surface area contributed by atoms with E-state index in [1.807, 2.05) is 12.1 Å². The van der Waals surface area contributed by atoms with Crippen molar-refractivity contribution in [3.8, 4) is 11.5 Å². The molecule has 0 N–H and O–H groups in total. The quantitative estimate of drug-likeness (QED) is 0.250. The summed E-state index contributed by atoms with van der Waals surface area (Å²) in [5.41, 5.74) is 1.95. The molecular weight excluding hydrogens is 374 g/mol. The van der Waals surface area contributed by atoms with Crippen LogP contribution in [0, 0.1) is 10.1 Å². The number of non-ortho nitro benzene ring substituents is 1. The molecule has 0 aliphatic carbocycles. The number of nitrogens with zero attached hydrogens (tertiary/aromatic N) is 3. The van der Waals surface area contributed by atoms with Crippen molar-refractivity contribution >= 4 is 17.5 Å². The van der Waals surface area contributed by atoms with Crippen LogP contribution in [0.2, 0.25) is 0 Å². The van der Waals surface area contributed by atoms with Crippen LogP contribution in [-0.4, -0.2) is 27.6 Å². The second-order valence-corrected chi connectivity index (χ2v) is 6.18. The number of nitro benzene ring substituents is 1. The predicted molar refractivity (Wildman–Crippen MR) is 107 cm³/mol. The van der Waals surface area contributed by atoms with E-state index in [9.17, 15) is 14.9 Å². The van der Waals surface area contributed by atoms with E-state index < -0.39 is 4.92 Å². The maximum absolute atomic E-state index is 12.2. The number of benzene rings is 2. The molecule has 2 aromatic carbocycles. The van der Waals surface area contributed by atoms with Gasteiger partial charge in [0.05, 0.1) is 12.0 Å². The Hall–Kier alpha value is -3.94. The first-order chi connectivity index (χ1) is 14.0. The Morgan fingerprint density at radius 3 is 2.59 bits per heavy atom. The molecule has 0 unspecified atom stereocenters. The van der Waals surface area contributed by atoms with Gasteiger partial charge < -0.3 is 9.47 Å². The molecule has 29 heavy (non-hydrogen) atoms. The van der Waals surface area contributed by atoms with Crippen molar-refractivity contribution in [3.05, 3.63) is 87.7 Å². The SMILES string of the molecule is COc1ccc(/C=C/C(=O)c2ccn(C)n2)cc1COc1ccc([N+](=O)[O-])cc1. The molecule has 3 rings (SSSR count). The molecule has 0 saturated carbocycles. The first-order valence-corrected chi connectivity index (χ1v) is 8.72. The Balaban J connectivity index is 1.72. The molecule has 0 spiro atoms. The zero-order chi connectivity index (χ0) is 20.8. The zero-order valence-corrected chi connectivity index (χ0v) is 15.9. The van der Waals surface area contributed by atoms with Gasteiger partial charge in [0.2, 0.25) is 5.78 Å². The molecule has 0 bridgehead atoms. The number of allylic oxidation sites excluding steroid dienone is 1. The first kappa shape index (κ1) is 19.8. The average molecular weight is 393 g/mol. The molecule has 0 atom stereocenters. The van der Waals surface area contributed by atoms with Crippen LogP contribution in [-0.2, 0) is 13.7 Å². The number of carbonyl (C=O) groups is 1. The van der Waals surface area contributed by atoms with Crippen LogP contribution < -0.4 is 9.47 Å². The van der Waals surface area contributed by atoms with Crippen molar-refractivity contribution in [2.24, 2.45) is 7.05 Å². The fourth-order valence-corrected chi connectivity index (χ4v) is 2.64. The minimum Gasteiger partial charge on any atom is -0.496 e. The van der Waals surface area contributed by atoms with Gasteiger partial charge in [-0.25, -0.2) is 0 Å². The van der Waals surface area contributed by atoms with Gasteiger partial charge in [-0.15, -0.1) is 0 Å². The Morgan fingerprint density at radius 1 is 1.21 bits per heavy atom. The third-order valence-electron chi connectivity index (χ3n) is 4.14. The number of carbonyl (C=O) groups excluding carboxylic acids is 1. The minimum absolute atomic E-state index is 0.000335. The van der Waals surface area contributed by atoms with Crippen LogP contribution in [0.15, 0.2) is 60.8 Å². The van der Waals surface area contributed by atoms with Gasteiger partial charge in [-0.2, -0.15) is 5.10 Å². The summed E-state index contributed by atoms with van der Waals surface area (Å²) in [7, 11) is 3.31. The van der Waals surface area contributed by atoms with E-state index in [0.717, 1.165) is 11.1 Å². The fraction of sp³-hybridized carbons (Fsp3) is 0.143. The van der Waals surface area contributed by atoms with Crippen molar-refractivity contribution in [2.75, 3.05) is 7.11 Å². The largest absolute Gasteiger partial charge is 0.496 e. The number of methoxy groups -OCH3 is 1. The molecule has 8 nitrogen and oxygen atoms in total. The van der Waals surface area contributed by atoms with Crippen molar-refractivity contribution < 1.29 is 19.2 Å². The Labute approximate surface area is 167 Å². The number of rotatable bonds is 8. The van der Waals surface area contributed by atoms with Gasteiger partial charge in [0, 0.05) is 30.9 Å². The number of aryl methyl sites for hydroxylation is 1. The first-order valence-electron chi connectivity index (χ1n) is 8.72. The van der Waals surface area contributed by atoms with E-state index in [1.165, 1.54) is 18.2 Å². The summed E-state index contributed by atoms with van der Waals surface area (Å²) in [6.07, 6.45) is 4.87. The molecule has 148 valence electrons. The van der Waals surface area contributed by atoms with Crippen LogP contribution in [0.5, 0.6) is 11.5 Å². The maximum atomic E-state index is 12.2. The summed E-state index contributed by atoms with van der Waals surface area (Å²) in [6.45, 7) is 0.205. The number of ketones is 1. The lowest BCUT2D eigenvalue weighted by atomic mass is 10.1. The second kappa shape index (κ2) is 8.83. The van der Waals surface area contributed by atoms with Crippen LogP contribution >= 0.6 is 0 Å². The normalized spacial score (nSPS) is 10.8. The summed E-state index contributed by atoms with van der Waals surface area (Å²) in [6, 6.07) is 13.0. The van der Waals surface area contributed by atoms with Gasteiger partial charge in [0.25, 0.3) is 5.69 Å². The molecular formula is C21H19N3O5. The smallest absolute Gasteiger partial charge is 0.269 e. The molecule has 8 heteroatoms. The van der Waals surface area contributed by atoms with E-state index >= 15 is 0 Å². The zero-order valence-electron chi connectivity index (χ0n) is 15.9. The van der Waals surface area contributed by atoms with Gasteiger partial charge in [-0.1, -0.05) is 12.1 Å².